The molecule has 0 saturated carbocycles. The maximum atomic E-state index is 13.1. The Kier molecular flexibility index (Phi) is 6.51. The van der Waals surface area contributed by atoms with E-state index in [2.05, 4.69) is 5.32 Å². The molecule has 152 valence electrons. The van der Waals surface area contributed by atoms with Crippen LogP contribution in [0.4, 0.5) is 0 Å². The molecule has 1 saturated heterocycles. The second kappa shape index (κ2) is 8.71. The highest BCUT2D eigenvalue weighted by molar-refractivity contribution is 7.90. The van der Waals surface area contributed by atoms with Crippen LogP contribution in [0.15, 0.2) is 59.5 Å². The number of piperidine rings is 1. The topological polar surface area (TPSA) is 92.8 Å². The molecule has 1 N–H and O–H groups in total. The predicted molar refractivity (Wildman–Crippen MR) is 106 cm³/mol. The maximum absolute atomic E-state index is 13.1. The minimum Gasteiger partial charge on any atom is -0.317 e. The lowest BCUT2D eigenvalue weighted by Gasteiger charge is -2.31. The molecule has 2 aromatic rings. The van der Waals surface area contributed by atoms with Crippen LogP contribution in [0.2, 0.25) is 0 Å². The van der Waals surface area contributed by atoms with Gasteiger partial charge in [-0.15, -0.1) is 0 Å². The van der Waals surface area contributed by atoms with E-state index >= 15 is 0 Å². The SMILES string of the molecule is Cc1ccc(S(=O)(=O)ON(C2CCNCC2)S(=O)(=O)Cc2ccccc2)cc1. The summed E-state index contributed by atoms with van der Waals surface area (Å²) in [6.07, 6.45) is 0.939. The van der Waals surface area contributed by atoms with Crippen LogP contribution in [0.1, 0.15) is 24.0 Å². The molecule has 2 aromatic carbocycles. The number of hydrogen-bond donors (Lipinski definition) is 1. The fourth-order valence-electron chi connectivity index (χ4n) is 3.05. The van der Waals surface area contributed by atoms with Gasteiger partial charge in [-0.1, -0.05) is 52.5 Å². The lowest BCUT2D eigenvalue weighted by Crippen LogP contribution is -2.47. The number of nitrogens with zero attached hydrogens (tertiary/aromatic N) is 1. The van der Waals surface area contributed by atoms with Crippen molar-refractivity contribution in [2.45, 2.75) is 36.5 Å². The average molecular weight is 425 g/mol. The Labute approximate surface area is 166 Å². The number of aryl methyl sites for hydroxylation is 1. The second-order valence-electron chi connectivity index (χ2n) is 6.82. The Morgan fingerprint density at radius 3 is 2.18 bits per heavy atom. The zero-order valence-electron chi connectivity index (χ0n) is 15.6. The minimum atomic E-state index is -4.27. The third kappa shape index (κ3) is 5.18. The first-order valence-electron chi connectivity index (χ1n) is 9.06. The summed E-state index contributed by atoms with van der Waals surface area (Å²) in [5.74, 6) is -0.332. The number of nitrogens with one attached hydrogen (secondary N) is 1. The van der Waals surface area contributed by atoms with Crippen molar-refractivity contribution in [1.29, 1.82) is 0 Å². The molecule has 0 amide bonds. The van der Waals surface area contributed by atoms with E-state index in [1.165, 1.54) is 12.1 Å². The zero-order chi connectivity index (χ0) is 20.2. The van der Waals surface area contributed by atoms with Gasteiger partial charge in [0.1, 0.15) is 0 Å². The molecule has 0 spiro atoms. The van der Waals surface area contributed by atoms with E-state index in [0.29, 0.717) is 36.0 Å². The fourth-order valence-corrected chi connectivity index (χ4v) is 5.93. The van der Waals surface area contributed by atoms with Gasteiger partial charge in [-0.2, -0.15) is 12.7 Å². The van der Waals surface area contributed by atoms with Crippen molar-refractivity contribution in [3.05, 3.63) is 65.7 Å². The van der Waals surface area contributed by atoms with Crippen LogP contribution in [0.25, 0.3) is 0 Å². The molecular weight excluding hydrogens is 400 g/mol. The van der Waals surface area contributed by atoms with Crippen molar-refractivity contribution in [2.75, 3.05) is 13.1 Å². The van der Waals surface area contributed by atoms with E-state index in [0.717, 1.165) is 5.56 Å². The van der Waals surface area contributed by atoms with Crippen LogP contribution >= 0.6 is 0 Å². The molecule has 1 aliphatic rings. The van der Waals surface area contributed by atoms with Gasteiger partial charge >= 0.3 is 10.1 Å². The van der Waals surface area contributed by atoms with Gasteiger partial charge in [0.05, 0.1) is 16.7 Å². The molecule has 9 heteroatoms. The summed E-state index contributed by atoms with van der Waals surface area (Å²) in [7, 11) is -8.29. The van der Waals surface area contributed by atoms with Gasteiger partial charge in [-0.25, -0.2) is 8.42 Å². The largest absolute Gasteiger partial charge is 0.317 e. The molecule has 3 rings (SSSR count). The number of hydroxylamine groups is 1. The Morgan fingerprint density at radius 2 is 1.57 bits per heavy atom. The highest BCUT2D eigenvalue weighted by atomic mass is 32.2. The first kappa shape index (κ1) is 20.9. The third-order valence-corrected chi connectivity index (χ3v) is 7.47. The Morgan fingerprint density at radius 1 is 0.964 bits per heavy atom. The highest BCUT2D eigenvalue weighted by Gasteiger charge is 2.36. The van der Waals surface area contributed by atoms with E-state index in [9.17, 15) is 16.8 Å². The summed E-state index contributed by atoms with van der Waals surface area (Å²) >= 11 is 0. The fraction of sp³-hybridized carbons (Fsp3) is 0.368. The van der Waals surface area contributed by atoms with E-state index in [-0.39, 0.29) is 10.6 Å². The standard InChI is InChI=1S/C19H24N2O5S2/c1-16-7-9-19(10-8-16)28(24,25)26-21(18-11-13-20-14-12-18)27(22,23)15-17-5-3-2-4-6-17/h2-10,18,20H,11-15H2,1H3. The highest BCUT2D eigenvalue weighted by Crippen LogP contribution is 2.24. The van der Waals surface area contributed by atoms with E-state index in [1.807, 2.05) is 6.92 Å². The summed E-state index contributed by atoms with van der Waals surface area (Å²) in [4.78, 5) is -0.0769. The second-order valence-corrected chi connectivity index (χ2v) is 10.2. The summed E-state index contributed by atoms with van der Waals surface area (Å²) < 4.78 is 57.6. The van der Waals surface area contributed by atoms with Crippen molar-refractivity contribution in [2.24, 2.45) is 0 Å². The lowest BCUT2D eigenvalue weighted by atomic mass is 10.1. The van der Waals surface area contributed by atoms with Gasteiger partial charge in [0, 0.05) is 0 Å². The van der Waals surface area contributed by atoms with E-state index in [1.54, 1.807) is 42.5 Å². The molecule has 1 aliphatic heterocycles. The Balaban J connectivity index is 1.91. The van der Waals surface area contributed by atoms with Crippen LogP contribution in [-0.4, -0.2) is 40.4 Å². The van der Waals surface area contributed by atoms with Gasteiger partial charge < -0.3 is 5.32 Å². The van der Waals surface area contributed by atoms with Crippen molar-refractivity contribution >= 4 is 20.1 Å². The average Bonchev–Trinajstić information content (AvgIpc) is 2.67. The number of sulfonamides is 1. The van der Waals surface area contributed by atoms with Crippen molar-refractivity contribution in [3.63, 3.8) is 0 Å². The van der Waals surface area contributed by atoms with Crippen LogP contribution in [-0.2, 0) is 30.2 Å². The monoisotopic (exact) mass is 424 g/mol. The zero-order valence-corrected chi connectivity index (χ0v) is 17.2. The van der Waals surface area contributed by atoms with E-state index < -0.39 is 26.2 Å². The first-order valence-corrected chi connectivity index (χ1v) is 12.1. The van der Waals surface area contributed by atoms with Crippen LogP contribution in [0.5, 0.6) is 0 Å². The number of hydrogen-bond acceptors (Lipinski definition) is 6. The van der Waals surface area contributed by atoms with Gasteiger partial charge in [0.2, 0.25) is 10.0 Å². The van der Waals surface area contributed by atoms with Gasteiger partial charge in [-0.05, 0) is 50.6 Å². The Bertz CT molecular complexity index is 984. The number of rotatable bonds is 7. The molecule has 0 bridgehead atoms. The van der Waals surface area contributed by atoms with Gasteiger partial charge in [-0.3, -0.25) is 0 Å². The molecule has 1 heterocycles. The molecule has 1 fully saturated rings. The quantitative estimate of drug-likeness (QED) is 0.685. The first-order chi connectivity index (χ1) is 13.3. The third-order valence-electron chi connectivity index (χ3n) is 4.55. The van der Waals surface area contributed by atoms with Crippen molar-refractivity contribution < 1.29 is 21.1 Å². The molecule has 0 unspecified atom stereocenters. The summed E-state index contributed by atoms with van der Waals surface area (Å²) in [6, 6.07) is 14.2. The summed E-state index contributed by atoms with van der Waals surface area (Å²) in [5.41, 5.74) is 1.46. The van der Waals surface area contributed by atoms with Gasteiger partial charge in [0.15, 0.2) is 0 Å². The molecule has 0 atom stereocenters. The van der Waals surface area contributed by atoms with Gasteiger partial charge in [0.25, 0.3) is 0 Å². The summed E-state index contributed by atoms with van der Waals surface area (Å²) in [5, 5.41) is 3.14. The minimum absolute atomic E-state index is 0.0769. The van der Waals surface area contributed by atoms with Crippen LogP contribution in [0, 0.1) is 6.92 Å². The summed E-state index contributed by atoms with van der Waals surface area (Å²) in [6.45, 7) is 3.02. The van der Waals surface area contributed by atoms with Crippen molar-refractivity contribution in [1.82, 2.24) is 9.79 Å². The Hall–Kier alpha value is -1.78. The number of benzene rings is 2. The van der Waals surface area contributed by atoms with Crippen LogP contribution in [0.3, 0.4) is 0 Å². The smallest absolute Gasteiger partial charge is 0.314 e. The van der Waals surface area contributed by atoms with Crippen molar-refractivity contribution in [3.8, 4) is 0 Å². The molecule has 7 nitrogen and oxygen atoms in total. The maximum Gasteiger partial charge on any atom is 0.314 e. The predicted octanol–water partition coefficient (Wildman–Crippen LogP) is 2.20. The van der Waals surface area contributed by atoms with Crippen LogP contribution < -0.4 is 5.32 Å². The van der Waals surface area contributed by atoms with E-state index in [4.69, 9.17) is 4.28 Å². The molecule has 0 radical (unpaired) electrons. The lowest BCUT2D eigenvalue weighted by molar-refractivity contribution is -0.00788. The molecule has 0 aromatic heterocycles. The molecule has 0 aliphatic carbocycles. The molecular formula is C19H24N2O5S2. The molecule has 28 heavy (non-hydrogen) atoms. The normalized spacial score (nSPS) is 16.4.